The number of hydrogen-bond donors (Lipinski definition) is 0. The molecule has 122 valence electrons. The van der Waals surface area contributed by atoms with Gasteiger partial charge < -0.3 is 4.90 Å². The average molecular weight is 325 g/mol. The molecule has 0 bridgehead atoms. The molecule has 7 heteroatoms. The zero-order valence-electron chi connectivity index (χ0n) is 12.2. The zero-order valence-corrected chi connectivity index (χ0v) is 12.2. The summed E-state index contributed by atoms with van der Waals surface area (Å²) in [6.45, 7) is -0.242. The summed E-state index contributed by atoms with van der Waals surface area (Å²) in [6, 6.07) is 2.66. The van der Waals surface area contributed by atoms with E-state index in [9.17, 15) is 27.6 Å². The standard InChI is InChI=1S/C16H14F3NO3/c17-16(18,19)12-5-2-4-10-11(12)8-20(15(10)23)13-6-1-3-9(21)7-14(13)22/h2,4-5,13H,1,3,6-8H2/t13-/m0/s1. The Morgan fingerprint density at radius 2 is 1.87 bits per heavy atom. The van der Waals surface area contributed by atoms with Gasteiger partial charge in [-0.25, -0.2) is 0 Å². The summed E-state index contributed by atoms with van der Waals surface area (Å²) < 4.78 is 39.3. The number of ketones is 2. The summed E-state index contributed by atoms with van der Waals surface area (Å²) >= 11 is 0. The van der Waals surface area contributed by atoms with E-state index in [0.29, 0.717) is 12.8 Å². The molecule has 1 amide bonds. The zero-order chi connectivity index (χ0) is 16.8. The Hall–Kier alpha value is -2.18. The second-order valence-corrected chi connectivity index (χ2v) is 5.85. The number of carbonyl (C=O) groups is 3. The number of alkyl halides is 3. The molecule has 1 heterocycles. The summed E-state index contributed by atoms with van der Waals surface area (Å²) in [5.41, 5.74) is -0.945. The maximum absolute atomic E-state index is 13.1. The summed E-state index contributed by atoms with van der Waals surface area (Å²) in [4.78, 5) is 37.2. The van der Waals surface area contributed by atoms with Gasteiger partial charge in [-0.3, -0.25) is 14.4 Å². The molecule has 1 aliphatic heterocycles. The van der Waals surface area contributed by atoms with Gasteiger partial charge in [0.2, 0.25) is 0 Å². The number of fused-ring (bicyclic) bond motifs is 1. The summed E-state index contributed by atoms with van der Waals surface area (Å²) in [6.07, 6.45) is -3.76. The van der Waals surface area contributed by atoms with Crippen molar-refractivity contribution in [2.45, 2.75) is 44.4 Å². The molecule has 1 atom stereocenters. The van der Waals surface area contributed by atoms with E-state index in [1.54, 1.807) is 0 Å². The van der Waals surface area contributed by atoms with Crippen molar-refractivity contribution in [2.24, 2.45) is 0 Å². The van der Waals surface area contributed by atoms with E-state index >= 15 is 0 Å². The van der Waals surface area contributed by atoms with Crippen LogP contribution in [0.25, 0.3) is 0 Å². The van der Waals surface area contributed by atoms with Gasteiger partial charge in [-0.2, -0.15) is 13.2 Å². The summed E-state index contributed by atoms with van der Waals surface area (Å²) in [5.74, 6) is -1.14. The van der Waals surface area contributed by atoms with Crippen molar-refractivity contribution in [3.63, 3.8) is 0 Å². The lowest BCUT2D eigenvalue weighted by Crippen LogP contribution is -2.41. The van der Waals surface area contributed by atoms with E-state index in [1.807, 2.05) is 0 Å². The maximum atomic E-state index is 13.1. The van der Waals surface area contributed by atoms with Gasteiger partial charge in [-0.05, 0) is 30.5 Å². The molecule has 0 spiro atoms. The minimum atomic E-state index is -4.55. The molecule has 1 aromatic rings. The van der Waals surface area contributed by atoms with Crippen LogP contribution in [0.1, 0.15) is 47.2 Å². The smallest absolute Gasteiger partial charge is 0.324 e. The average Bonchev–Trinajstić information content (AvgIpc) is 2.69. The van der Waals surface area contributed by atoms with Crippen molar-refractivity contribution >= 4 is 17.5 Å². The van der Waals surface area contributed by atoms with Gasteiger partial charge in [-0.15, -0.1) is 0 Å². The fraction of sp³-hybridized carbons (Fsp3) is 0.438. The van der Waals surface area contributed by atoms with Crippen LogP contribution >= 0.6 is 0 Å². The van der Waals surface area contributed by atoms with Gasteiger partial charge in [0, 0.05) is 18.5 Å². The number of benzene rings is 1. The van der Waals surface area contributed by atoms with Crippen LogP contribution in [0.5, 0.6) is 0 Å². The lowest BCUT2D eigenvalue weighted by Gasteiger charge is -2.25. The van der Waals surface area contributed by atoms with Crippen molar-refractivity contribution in [1.29, 1.82) is 0 Å². The molecule has 0 saturated heterocycles. The predicted molar refractivity (Wildman–Crippen MR) is 73.6 cm³/mol. The summed E-state index contributed by atoms with van der Waals surface area (Å²) in [5, 5.41) is 0. The Bertz CT molecular complexity index is 696. The number of rotatable bonds is 1. The Kier molecular flexibility index (Phi) is 3.74. The number of Topliss-reactive ketones (excluding diaryl/α,β-unsaturated/α-hetero) is 2. The lowest BCUT2D eigenvalue weighted by molar-refractivity contribution is -0.138. The number of halogens is 3. The third-order valence-electron chi connectivity index (χ3n) is 4.35. The Balaban J connectivity index is 1.95. The predicted octanol–water partition coefficient (Wildman–Crippen LogP) is 2.74. The minimum Gasteiger partial charge on any atom is -0.324 e. The first-order valence-corrected chi connectivity index (χ1v) is 7.33. The highest BCUT2D eigenvalue weighted by Crippen LogP contribution is 2.38. The molecule has 1 fully saturated rings. The van der Waals surface area contributed by atoms with Crippen molar-refractivity contribution in [1.82, 2.24) is 4.90 Å². The maximum Gasteiger partial charge on any atom is 0.416 e. The third kappa shape index (κ3) is 2.75. The normalized spacial score (nSPS) is 22.3. The van der Waals surface area contributed by atoms with Crippen LogP contribution in [-0.2, 0) is 22.3 Å². The molecule has 23 heavy (non-hydrogen) atoms. The van der Waals surface area contributed by atoms with E-state index in [-0.39, 0.29) is 42.1 Å². The molecule has 1 aliphatic carbocycles. The van der Waals surface area contributed by atoms with Gasteiger partial charge >= 0.3 is 6.18 Å². The van der Waals surface area contributed by atoms with E-state index in [4.69, 9.17) is 0 Å². The van der Waals surface area contributed by atoms with Crippen LogP contribution in [0.15, 0.2) is 18.2 Å². The molecule has 0 unspecified atom stereocenters. The number of nitrogens with zero attached hydrogens (tertiary/aromatic N) is 1. The molecule has 0 radical (unpaired) electrons. The second kappa shape index (κ2) is 5.47. The van der Waals surface area contributed by atoms with E-state index in [0.717, 1.165) is 6.07 Å². The highest BCUT2D eigenvalue weighted by molar-refractivity contribution is 6.06. The van der Waals surface area contributed by atoms with Gasteiger partial charge in [0.1, 0.15) is 5.78 Å². The number of amides is 1. The molecule has 1 saturated carbocycles. The first kappa shape index (κ1) is 15.7. The van der Waals surface area contributed by atoms with Crippen molar-refractivity contribution in [3.05, 3.63) is 34.9 Å². The third-order valence-corrected chi connectivity index (χ3v) is 4.35. The van der Waals surface area contributed by atoms with Crippen LogP contribution in [0.3, 0.4) is 0 Å². The highest BCUT2D eigenvalue weighted by atomic mass is 19.4. The fourth-order valence-electron chi connectivity index (χ4n) is 3.26. The quantitative estimate of drug-likeness (QED) is 0.589. The number of carbonyl (C=O) groups excluding carboxylic acids is 3. The van der Waals surface area contributed by atoms with E-state index in [2.05, 4.69) is 0 Å². The molecular formula is C16H14F3NO3. The fourth-order valence-corrected chi connectivity index (χ4v) is 3.26. The van der Waals surface area contributed by atoms with Gasteiger partial charge in [0.05, 0.1) is 18.0 Å². The molecule has 1 aromatic carbocycles. The van der Waals surface area contributed by atoms with E-state index in [1.165, 1.54) is 17.0 Å². The van der Waals surface area contributed by atoms with Crippen LogP contribution in [0.2, 0.25) is 0 Å². The van der Waals surface area contributed by atoms with Gasteiger partial charge in [-0.1, -0.05) is 6.07 Å². The van der Waals surface area contributed by atoms with Gasteiger partial charge in [0.25, 0.3) is 5.91 Å². The Labute approximate surface area is 130 Å². The minimum absolute atomic E-state index is 0.0109. The monoisotopic (exact) mass is 325 g/mol. The van der Waals surface area contributed by atoms with Crippen molar-refractivity contribution in [2.75, 3.05) is 0 Å². The number of hydrogen-bond acceptors (Lipinski definition) is 3. The van der Waals surface area contributed by atoms with Crippen LogP contribution in [-0.4, -0.2) is 28.4 Å². The van der Waals surface area contributed by atoms with Crippen molar-refractivity contribution in [3.8, 4) is 0 Å². The van der Waals surface area contributed by atoms with Crippen molar-refractivity contribution < 1.29 is 27.6 Å². The first-order chi connectivity index (χ1) is 10.8. The topological polar surface area (TPSA) is 54.5 Å². The Morgan fingerprint density at radius 1 is 1.13 bits per heavy atom. The van der Waals surface area contributed by atoms with Crippen LogP contribution in [0.4, 0.5) is 13.2 Å². The molecule has 2 aliphatic rings. The second-order valence-electron chi connectivity index (χ2n) is 5.85. The lowest BCUT2D eigenvalue weighted by atomic mass is 10.0. The molecule has 4 nitrogen and oxygen atoms in total. The first-order valence-electron chi connectivity index (χ1n) is 7.33. The molecular weight excluding hydrogens is 311 g/mol. The van der Waals surface area contributed by atoms with Crippen LogP contribution in [0, 0.1) is 0 Å². The SMILES string of the molecule is O=C1CCC[C@H](N2Cc3c(cccc3C(F)(F)F)C2=O)C(=O)C1. The molecule has 0 N–H and O–H groups in total. The van der Waals surface area contributed by atoms with Crippen LogP contribution < -0.4 is 0 Å². The molecule has 3 rings (SSSR count). The molecule has 0 aromatic heterocycles. The highest BCUT2D eigenvalue weighted by Gasteiger charge is 2.42. The largest absolute Gasteiger partial charge is 0.416 e. The Morgan fingerprint density at radius 3 is 2.57 bits per heavy atom. The summed E-state index contributed by atoms with van der Waals surface area (Å²) in [7, 11) is 0. The van der Waals surface area contributed by atoms with E-state index < -0.39 is 23.7 Å². The van der Waals surface area contributed by atoms with Gasteiger partial charge in [0.15, 0.2) is 5.78 Å².